The average Bonchev–Trinajstić information content (AvgIpc) is 2.99. The predicted molar refractivity (Wildman–Crippen MR) is 83.7 cm³/mol. The zero-order valence-electron chi connectivity index (χ0n) is 13.4. The van der Waals surface area contributed by atoms with Crippen molar-refractivity contribution >= 4 is 5.97 Å². The van der Waals surface area contributed by atoms with E-state index in [1.807, 2.05) is 24.3 Å². The van der Waals surface area contributed by atoms with Gasteiger partial charge in [0.15, 0.2) is 5.76 Å². The topological polar surface area (TPSA) is 60.5 Å². The summed E-state index contributed by atoms with van der Waals surface area (Å²) in [4.78, 5) is 12.9. The Morgan fingerprint density at radius 3 is 2.55 bits per heavy atom. The van der Waals surface area contributed by atoms with Crippen molar-refractivity contribution in [1.29, 1.82) is 0 Å². The summed E-state index contributed by atoms with van der Waals surface area (Å²) in [5.74, 6) is 1.45. The lowest BCUT2D eigenvalue weighted by Crippen LogP contribution is -3.09. The van der Waals surface area contributed by atoms with E-state index in [1.165, 1.54) is 12.0 Å². The van der Waals surface area contributed by atoms with E-state index >= 15 is 0 Å². The molecule has 0 aliphatic rings. The van der Waals surface area contributed by atoms with E-state index in [4.69, 9.17) is 4.42 Å². The SMILES string of the molecule is COC(=O)c1ccc(-c2ccc(C[NH2+]CC[NH+](C)C)o2)cc1. The zero-order valence-corrected chi connectivity index (χ0v) is 13.4. The van der Waals surface area contributed by atoms with E-state index in [9.17, 15) is 4.79 Å². The Morgan fingerprint density at radius 2 is 1.91 bits per heavy atom. The lowest BCUT2D eigenvalue weighted by atomic mass is 10.1. The number of carbonyl (C=O) groups is 1. The fourth-order valence-corrected chi connectivity index (χ4v) is 2.17. The molecule has 5 heteroatoms. The predicted octanol–water partition coefficient (Wildman–Crippen LogP) is -0.0589. The first kappa shape index (κ1) is 16.3. The molecule has 2 aromatic rings. The molecule has 1 aromatic heterocycles. The molecule has 0 aliphatic heterocycles. The molecule has 0 spiro atoms. The van der Waals surface area contributed by atoms with Gasteiger partial charge in [0.2, 0.25) is 0 Å². The highest BCUT2D eigenvalue weighted by molar-refractivity contribution is 5.89. The minimum absolute atomic E-state index is 0.329. The molecule has 0 amide bonds. The van der Waals surface area contributed by atoms with Gasteiger partial charge in [-0.05, 0) is 24.3 Å². The first-order valence-corrected chi connectivity index (χ1v) is 7.48. The summed E-state index contributed by atoms with van der Waals surface area (Å²) in [7, 11) is 5.68. The lowest BCUT2D eigenvalue weighted by Gasteiger charge is -2.05. The van der Waals surface area contributed by atoms with Crippen LogP contribution in [-0.2, 0) is 11.3 Å². The van der Waals surface area contributed by atoms with Crippen molar-refractivity contribution in [3.05, 3.63) is 47.7 Å². The van der Waals surface area contributed by atoms with Crippen LogP contribution in [0.4, 0.5) is 0 Å². The molecule has 0 aliphatic carbocycles. The highest BCUT2D eigenvalue weighted by atomic mass is 16.5. The van der Waals surface area contributed by atoms with Crippen molar-refractivity contribution < 1.29 is 24.2 Å². The third-order valence-electron chi connectivity index (χ3n) is 3.45. The highest BCUT2D eigenvalue weighted by Crippen LogP contribution is 2.22. The number of likely N-dealkylation sites (N-methyl/N-ethyl adjacent to an activating group) is 1. The number of quaternary nitrogens is 2. The van der Waals surface area contributed by atoms with Crippen LogP contribution in [0.3, 0.4) is 0 Å². The largest absolute Gasteiger partial charge is 0.465 e. The van der Waals surface area contributed by atoms with E-state index in [-0.39, 0.29) is 5.97 Å². The maximum absolute atomic E-state index is 11.4. The summed E-state index contributed by atoms with van der Waals surface area (Å²) in [5, 5.41) is 2.25. The van der Waals surface area contributed by atoms with Crippen molar-refractivity contribution in [2.75, 3.05) is 34.3 Å². The standard InChI is InChI=1S/C17H22N2O3/c1-19(2)11-10-18-12-15-8-9-16(22-15)13-4-6-14(7-5-13)17(20)21-3/h4-9,18H,10-12H2,1-3H3/p+2. The van der Waals surface area contributed by atoms with Gasteiger partial charge in [-0.15, -0.1) is 0 Å². The third kappa shape index (κ3) is 4.44. The Bertz CT molecular complexity index is 603. The molecule has 0 atom stereocenters. The molecular weight excluding hydrogens is 280 g/mol. The van der Waals surface area contributed by atoms with Gasteiger partial charge < -0.3 is 19.4 Å². The van der Waals surface area contributed by atoms with Crippen LogP contribution in [0.15, 0.2) is 40.8 Å². The Labute approximate surface area is 130 Å². The van der Waals surface area contributed by atoms with Gasteiger partial charge in [0.25, 0.3) is 0 Å². The first-order chi connectivity index (χ1) is 10.6. The van der Waals surface area contributed by atoms with Gasteiger partial charge in [-0.1, -0.05) is 12.1 Å². The molecule has 0 saturated carbocycles. The van der Waals surface area contributed by atoms with Crippen molar-refractivity contribution in [2.45, 2.75) is 6.54 Å². The van der Waals surface area contributed by atoms with Crippen LogP contribution in [0.1, 0.15) is 16.1 Å². The number of hydrogen-bond donors (Lipinski definition) is 2. The van der Waals surface area contributed by atoms with E-state index in [1.54, 1.807) is 12.1 Å². The average molecular weight is 304 g/mol. The normalized spacial score (nSPS) is 10.9. The highest BCUT2D eigenvalue weighted by Gasteiger charge is 2.09. The Morgan fingerprint density at radius 1 is 1.18 bits per heavy atom. The summed E-state index contributed by atoms with van der Waals surface area (Å²) < 4.78 is 10.5. The zero-order chi connectivity index (χ0) is 15.9. The van der Waals surface area contributed by atoms with E-state index in [0.717, 1.165) is 36.7 Å². The second-order valence-electron chi connectivity index (χ2n) is 5.57. The number of nitrogens with one attached hydrogen (secondary N) is 1. The molecule has 1 aromatic carbocycles. The minimum Gasteiger partial charge on any atom is -0.465 e. The quantitative estimate of drug-likeness (QED) is 0.556. The second kappa shape index (κ2) is 7.77. The summed E-state index contributed by atoms with van der Waals surface area (Å²) in [6, 6.07) is 11.2. The molecule has 0 fully saturated rings. The fourth-order valence-electron chi connectivity index (χ4n) is 2.17. The maximum atomic E-state index is 11.4. The van der Waals surface area contributed by atoms with Crippen LogP contribution >= 0.6 is 0 Å². The number of furan rings is 1. The van der Waals surface area contributed by atoms with Crippen LogP contribution in [0, 0.1) is 0 Å². The monoisotopic (exact) mass is 304 g/mol. The summed E-state index contributed by atoms with van der Waals surface area (Å²) in [6.45, 7) is 3.04. The molecule has 2 rings (SSSR count). The molecular formula is C17H24N2O3+2. The molecule has 5 nitrogen and oxygen atoms in total. The van der Waals surface area contributed by atoms with E-state index in [2.05, 4.69) is 24.1 Å². The number of benzene rings is 1. The number of carbonyl (C=O) groups excluding carboxylic acids is 1. The first-order valence-electron chi connectivity index (χ1n) is 7.48. The fraction of sp³-hybridized carbons (Fsp3) is 0.353. The molecule has 0 saturated heterocycles. The smallest absolute Gasteiger partial charge is 0.337 e. The van der Waals surface area contributed by atoms with Crippen LogP contribution < -0.4 is 10.2 Å². The lowest BCUT2D eigenvalue weighted by molar-refractivity contribution is -0.875. The molecule has 1 heterocycles. The number of esters is 1. The van der Waals surface area contributed by atoms with Gasteiger partial charge in [-0.2, -0.15) is 0 Å². The molecule has 0 bridgehead atoms. The van der Waals surface area contributed by atoms with Crippen molar-refractivity contribution in [1.82, 2.24) is 0 Å². The van der Waals surface area contributed by atoms with Crippen LogP contribution in [0.5, 0.6) is 0 Å². The van der Waals surface area contributed by atoms with Crippen LogP contribution in [0.2, 0.25) is 0 Å². The van der Waals surface area contributed by atoms with Crippen LogP contribution in [-0.4, -0.2) is 40.3 Å². The molecule has 3 N–H and O–H groups in total. The Hall–Kier alpha value is -2.11. The summed E-state index contributed by atoms with van der Waals surface area (Å²) in [5.41, 5.74) is 1.49. The van der Waals surface area contributed by atoms with Gasteiger partial charge in [0, 0.05) is 5.56 Å². The molecule has 0 radical (unpaired) electrons. The maximum Gasteiger partial charge on any atom is 0.337 e. The number of nitrogens with two attached hydrogens (primary N) is 1. The minimum atomic E-state index is -0.329. The molecule has 118 valence electrons. The van der Waals surface area contributed by atoms with Crippen LogP contribution in [0.25, 0.3) is 11.3 Å². The van der Waals surface area contributed by atoms with Crippen molar-refractivity contribution in [2.24, 2.45) is 0 Å². The Balaban J connectivity index is 1.94. The van der Waals surface area contributed by atoms with E-state index in [0.29, 0.717) is 5.56 Å². The number of ether oxygens (including phenoxy) is 1. The van der Waals surface area contributed by atoms with Gasteiger partial charge in [-0.25, -0.2) is 4.79 Å². The molecule has 22 heavy (non-hydrogen) atoms. The van der Waals surface area contributed by atoms with Gasteiger partial charge in [0.1, 0.15) is 25.4 Å². The summed E-state index contributed by atoms with van der Waals surface area (Å²) in [6.07, 6.45) is 0. The van der Waals surface area contributed by atoms with Gasteiger partial charge >= 0.3 is 5.97 Å². The second-order valence-corrected chi connectivity index (χ2v) is 5.57. The number of methoxy groups -OCH3 is 1. The van der Waals surface area contributed by atoms with E-state index < -0.39 is 0 Å². The number of hydrogen-bond acceptors (Lipinski definition) is 3. The van der Waals surface area contributed by atoms with Gasteiger partial charge in [-0.3, -0.25) is 0 Å². The third-order valence-corrected chi connectivity index (χ3v) is 3.45. The molecule has 0 unspecified atom stereocenters. The van der Waals surface area contributed by atoms with Crippen molar-refractivity contribution in [3.8, 4) is 11.3 Å². The summed E-state index contributed by atoms with van der Waals surface area (Å²) >= 11 is 0. The van der Waals surface area contributed by atoms with Gasteiger partial charge in [0.05, 0.1) is 26.8 Å². The number of rotatable bonds is 7. The van der Waals surface area contributed by atoms with Crippen molar-refractivity contribution in [3.63, 3.8) is 0 Å². The Kier molecular flexibility index (Phi) is 5.75.